The lowest BCUT2D eigenvalue weighted by Gasteiger charge is -2.27. The number of pyridine rings is 1. The summed E-state index contributed by atoms with van der Waals surface area (Å²) in [6.45, 7) is 7.95. The second-order valence-electron chi connectivity index (χ2n) is 6.74. The second-order valence-corrected chi connectivity index (χ2v) is 6.74. The number of benzene rings is 1. The maximum absolute atomic E-state index is 5.48. The van der Waals surface area contributed by atoms with Crippen molar-refractivity contribution < 1.29 is 4.74 Å². The van der Waals surface area contributed by atoms with Crippen molar-refractivity contribution in [1.82, 2.24) is 20.3 Å². The fourth-order valence-electron chi connectivity index (χ4n) is 3.62. The van der Waals surface area contributed by atoms with Crippen LogP contribution >= 0.6 is 0 Å². The zero-order chi connectivity index (χ0) is 17.9. The molecule has 1 aromatic heterocycles. The molecular weight excluding hydrogens is 324 g/mol. The van der Waals surface area contributed by atoms with E-state index in [2.05, 4.69) is 39.0 Å². The molecule has 4 rings (SSSR count). The Labute approximate surface area is 154 Å². The van der Waals surface area contributed by atoms with E-state index in [9.17, 15) is 0 Å². The van der Waals surface area contributed by atoms with E-state index in [-0.39, 0.29) is 0 Å². The van der Waals surface area contributed by atoms with E-state index in [1.165, 1.54) is 16.8 Å². The average Bonchev–Trinajstić information content (AvgIpc) is 2.98. The van der Waals surface area contributed by atoms with E-state index in [1.807, 2.05) is 36.7 Å². The zero-order valence-electron chi connectivity index (χ0n) is 15.1. The lowest BCUT2D eigenvalue weighted by Crippen LogP contribution is -2.32. The number of methoxy groups -OCH3 is 1. The van der Waals surface area contributed by atoms with E-state index >= 15 is 0 Å². The molecule has 1 aromatic carbocycles. The molecule has 0 aliphatic carbocycles. The van der Waals surface area contributed by atoms with Gasteiger partial charge in [-0.2, -0.15) is 0 Å². The minimum atomic E-state index is 0.735. The van der Waals surface area contributed by atoms with Crippen LogP contribution in [0.1, 0.15) is 17.5 Å². The van der Waals surface area contributed by atoms with Gasteiger partial charge in [0.05, 0.1) is 19.4 Å². The van der Waals surface area contributed by atoms with Crippen LogP contribution in [0.25, 0.3) is 0 Å². The highest BCUT2D eigenvalue weighted by molar-refractivity contribution is 5.41. The van der Waals surface area contributed by atoms with Gasteiger partial charge in [0, 0.05) is 55.3 Å². The molecule has 0 unspecified atom stereocenters. The number of hydrogen-bond acceptors (Lipinski definition) is 5. The molecule has 0 saturated heterocycles. The summed E-state index contributed by atoms with van der Waals surface area (Å²) in [6, 6.07) is 12.3. The van der Waals surface area contributed by atoms with Crippen LogP contribution in [-0.4, -0.2) is 35.1 Å². The minimum absolute atomic E-state index is 0.735. The normalized spacial score (nSPS) is 17.3. The van der Waals surface area contributed by atoms with Crippen LogP contribution in [0.5, 0.6) is 5.75 Å². The number of para-hydroxylation sites is 1. The maximum atomic E-state index is 5.48. The quantitative estimate of drug-likeness (QED) is 0.899. The summed E-state index contributed by atoms with van der Waals surface area (Å²) in [6.07, 6.45) is 4.77. The largest absolute Gasteiger partial charge is 0.496 e. The van der Waals surface area contributed by atoms with Gasteiger partial charge in [-0.3, -0.25) is 14.9 Å². The van der Waals surface area contributed by atoms with Crippen molar-refractivity contribution in [3.8, 4) is 5.75 Å². The van der Waals surface area contributed by atoms with Crippen LogP contribution in [0.2, 0.25) is 0 Å². The van der Waals surface area contributed by atoms with Gasteiger partial charge in [0.2, 0.25) is 0 Å². The summed E-state index contributed by atoms with van der Waals surface area (Å²) >= 11 is 0. The first kappa shape index (κ1) is 16.7. The Kier molecular flexibility index (Phi) is 4.63. The van der Waals surface area contributed by atoms with E-state index in [0.717, 1.165) is 49.6 Å². The standard InChI is InChI=1S/C21H24N4O/c1-16-19-15-24(13-17-6-5-10-22-12-17)11-9-20(19)23-25(16)14-18-7-3-4-8-21(18)26-2/h3-8,10,12,23H,1,9,11,13-15H2,2H3. The van der Waals surface area contributed by atoms with Gasteiger partial charge in [-0.05, 0) is 17.7 Å². The molecule has 5 heteroatoms. The number of nitrogens with zero attached hydrogens (tertiary/aromatic N) is 3. The molecular formula is C21H24N4O. The molecule has 3 heterocycles. The Morgan fingerprint density at radius 2 is 2.08 bits per heavy atom. The Hall–Kier alpha value is -2.79. The molecule has 0 bridgehead atoms. The summed E-state index contributed by atoms with van der Waals surface area (Å²) in [5.41, 5.74) is 9.61. The lowest BCUT2D eigenvalue weighted by atomic mass is 10.0. The summed E-state index contributed by atoms with van der Waals surface area (Å²) < 4.78 is 5.48. The fourth-order valence-corrected chi connectivity index (χ4v) is 3.62. The predicted octanol–water partition coefficient (Wildman–Crippen LogP) is 3.08. The minimum Gasteiger partial charge on any atom is -0.496 e. The molecule has 2 aromatic rings. The molecule has 0 fully saturated rings. The molecule has 0 amide bonds. The topological polar surface area (TPSA) is 40.6 Å². The highest BCUT2D eigenvalue weighted by atomic mass is 16.5. The Morgan fingerprint density at radius 3 is 2.88 bits per heavy atom. The highest BCUT2D eigenvalue weighted by Gasteiger charge is 2.30. The molecule has 0 atom stereocenters. The van der Waals surface area contributed by atoms with Crippen molar-refractivity contribution >= 4 is 0 Å². The third-order valence-corrected chi connectivity index (χ3v) is 5.02. The van der Waals surface area contributed by atoms with Crippen molar-refractivity contribution in [2.45, 2.75) is 19.5 Å². The molecule has 134 valence electrons. The van der Waals surface area contributed by atoms with Crippen molar-refractivity contribution in [3.05, 3.63) is 83.5 Å². The van der Waals surface area contributed by atoms with E-state index in [0.29, 0.717) is 0 Å². The Morgan fingerprint density at radius 1 is 1.19 bits per heavy atom. The summed E-state index contributed by atoms with van der Waals surface area (Å²) in [5, 5.41) is 2.14. The SMILES string of the molecule is C=C1C2=C(CCN(Cc3cccnc3)C2)NN1Cc1ccccc1OC. The molecule has 2 aliphatic heterocycles. The van der Waals surface area contributed by atoms with E-state index < -0.39 is 0 Å². The van der Waals surface area contributed by atoms with Gasteiger partial charge >= 0.3 is 0 Å². The molecule has 0 spiro atoms. The number of rotatable bonds is 5. The number of nitrogens with one attached hydrogen (secondary N) is 1. The van der Waals surface area contributed by atoms with Gasteiger partial charge < -0.3 is 10.2 Å². The van der Waals surface area contributed by atoms with Crippen LogP contribution in [0.4, 0.5) is 0 Å². The third-order valence-electron chi connectivity index (χ3n) is 5.02. The first-order valence-corrected chi connectivity index (χ1v) is 8.93. The molecule has 2 aliphatic rings. The van der Waals surface area contributed by atoms with Crippen LogP contribution in [0.3, 0.4) is 0 Å². The van der Waals surface area contributed by atoms with Crippen molar-refractivity contribution in [1.29, 1.82) is 0 Å². The monoisotopic (exact) mass is 348 g/mol. The van der Waals surface area contributed by atoms with Crippen LogP contribution in [0, 0.1) is 0 Å². The lowest BCUT2D eigenvalue weighted by molar-refractivity contribution is 0.271. The number of ether oxygens (including phenoxy) is 1. The molecule has 5 nitrogen and oxygen atoms in total. The smallest absolute Gasteiger partial charge is 0.123 e. The average molecular weight is 348 g/mol. The first-order valence-electron chi connectivity index (χ1n) is 8.93. The molecule has 1 N–H and O–H groups in total. The van der Waals surface area contributed by atoms with Crippen LogP contribution in [0.15, 0.2) is 72.3 Å². The number of hydrazine groups is 1. The van der Waals surface area contributed by atoms with E-state index in [1.54, 1.807) is 7.11 Å². The van der Waals surface area contributed by atoms with Crippen LogP contribution < -0.4 is 10.2 Å². The molecule has 26 heavy (non-hydrogen) atoms. The third kappa shape index (κ3) is 3.30. The van der Waals surface area contributed by atoms with Crippen molar-refractivity contribution in [2.75, 3.05) is 20.2 Å². The van der Waals surface area contributed by atoms with Gasteiger partial charge in [-0.15, -0.1) is 0 Å². The number of aromatic nitrogens is 1. The van der Waals surface area contributed by atoms with Gasteiger partial charge in [-0.25, -0.2) is 0 Å². The first-order chi connectivity index (χ1) is 12.7. The zero-order valence-corrected chi connectivity index (χ0v) is 15.1. The van der Waals surface area contributed by atoms with E-state index in [4.69, 9.17) is 4.74 Å². The van der Waals surface area contributed by atoms with Gasteiger partial charge in [-0.1, -0.05) is 30.8 Å². The Balaban J connectivity index is 1.43. The van der Waals surface area contributed by atoms with Gasteiger partial charge in [0.15, 0.2) is 0 Å². The summed E-state index contributed by atoms with van der Waals surface area (Å²) in [4.78, 5) is 6.67. The maximum Gasteiger partial charge on any atom is 0.123 e. The predicted molar refractivity (Wildman–Crippen MR) is 102 cm³/mol. The Bertz CT molecular complexity index is 831. The fraction of sp³-hybridized carbons (Fsp3) is 0.286. The van der Waals surface area contributed by atoms with Crippen molar-refractivity contribution in [2.24, 2.45) is 0 Å². The van der Waals surface area contributed by atoms with Gasteiger partial charge in [0.25, 0.3) is 0 Å². The molecule has 0 radical (unpaired) electrons. The second kappa shape index (κ2) is 7.22. The highest BCUT2D eigenvalue weighted by Crippen LogP contribution is 2.32. The van der Waals surface area contributed by atoms with Gasteiger partial charge in [0.1, 0.15) is 5.75 Å². The molecule has 0 saturated carbocycles. The van der Waals surface area contributed by atoms with Crippen molar-refractivity contribution in [3.63, 3.8) is 0 Å². The van der Waals surface area contributed by atoms with Crippen LogP contribution in [-0.2, 0) is 13.1 Å². The summed E-state index contributed by atoms with van der Waals surface area (Å²) in [5.74, 6) is 0.908. The number of hydrogen-bond donors (Lipinski definition) is 1. The summed E-state index contributed by atoms with van der Waals surface area (Å²) in [7, 11) is 1.71.